The van der Waals surface area contributed by atoms with E-state index in [0.717, 1.165) is 18.4 Å². The Morgan fingerprint density at radius 1 is 1.14 bits per heavy atom. The lowest BCUT2D eigenvalue weighted by molar-refractivity contribution is -0.201. The lowest BCUT2D eigenvalue weighted by Gasteiger charge is -2.59. The Labute approximate surface area is 218 Å². The minimum atomic E-state index is -1.68. The van der Waals surface area contributed by atoms with Gasteiger partial charge in [-0.2, -0.15) is 0 Å². The summed E-state index contributed by atoms with van der Waals surface area (Å²) >= 11 is 0. The van der Waals surface area contributed by atoms with Crippen molar-refractivity contribution < 1.29 is 38.5 Å². The van der Waals surface area contributed by atoms with Crippen molar-refractivity contribution in [3.63, 3.8) is 0 Å². The second-order valence-corrected chi connectivity index (χ2v) is 12.6. The first kappa shape index (κ1) is 27.6. The molecule has 0 radical (unpaired) electrons. The molecular formula is C29H40O8. The van der Waals surface area contributed by atoms with Crippen LogP contribution in [0.2, 0.25) is 0 Å². The average Bonchev–Trinajstić information content (AvgIpc) is 3.09. The number of esters is 1. The lowest BCUT2D eigenvalue weighted by Crippen LogP contribution is -2.63. The summed E-state index contributed by atoms with van der Waals surface area (Å²) in [6.07, 6.45) is 5.97. The van der Waals surface area contributed by atoms with Crippen LogP contribution >= 0.6 is 0 Å². The van der Waals surface area contributed by atoms with Gasteiger partial charge >= 0.3 is 12.1 Å². The zero-order valence-corrected chi connectivity index (χ0v) is 22.8. The van der Waals surface area contributed by atoms with Crippen molar-refractivity contribution in [3.8, 4) is 0 Å². The van der Waals surface area contributed by atoms with Crippen LogP contribution in [0.4, 0.5) is 4.79 Å². The highest BCUT2D eigenvalue weighted by molar-refractivity contribution is 6.01. The second kappa shape index (κ2) is 9.37. The van der Waals surface area contributed by atoms with Gasteiger partial charge in [-0.05, 0) is 63.0 Å². The van der Waals surface area contributed by atoms with Crippen molar-refractivity contribution in [3.05, 3.63) is 23.8 Å². The molecule has 1 N–H and O–H groups in total. The van der Waals surface area contributed by atoms with Crippen LogP contribution in [0.25, 0.3) is 0 Å². The fourth-order valence-corrected chi connectivity index (χ4v) is 7.61. The van der Waals surface area contributed by atoms with Gasteiger partial charge in [0.15, 0.2) is 18.2 Å². The van der Waals surface area contributed by atoms with Crippen molar-refractivity contribution in [2.45, 2.75) is 85.4 Å². The van der Waals surface area contributed by atoms with Gasteiger partial charge in [0.2, 0.25) is 5.60 Å². The average molecular weight is 517 g/mol. The Kier molecular flexibility index (Phi) is 6.97. The molecule has 0 saturated heterocycles. The number of rotatable bonds is 5. The molecule has 0 aromatic heterocycles. The monoisotopic (exact) mass is 516 g/mol. The third-order valence-electron chi connectivity index (χ3n) is 9.64. The summed E-state index contributed by atoms with van der Waals surface area (Å²) in [6, 6.07) is 0. The number of fused-ring (bicyclic) bond motifs is 5. The molecule has 0 aromatic rings. The van der Waals surface area contributed by atoms with Gasteiger partial charge in [0, 0.05) is 22.2 Å². The number of hydrogen-bond donors (Lipinski definition) is 1. The van der Waals surface area contributed by atoms with Gasteiger partial charge < -0.3 is 19.3 Å². The summed E-state index contributed by atoms with van der Waals surface area (Å²) in [4.78, 5) is 51.0. The summed E-state index contributed by atoms with van der Waals surface area (Å²) in [7, 11) is 0. The number of aliphatic hydroxyl groups is 1. The molecule has 3 fully saturated rings. The standard InChI is InChI=1S/C29H40O8/c1-7-35-25(34)37-29(24(33)36-16-22(32)26(2,3)4)13-11-20-19-9-8-17-14-18(30)10-12-27(17,5)23(19)21(31)15-28(20,29)6/h10,12,14,19-21,23,31H,7-9,11,13,15-16H2,1-6H3/t19-,20-,21-,23+,27-,28-,29-/m0/s1. The molecule has 7 atom stereocenters. The molecule has 37 heavy (non-hydrogen) atoms. The van der Waals surface area contributed by atoms with Crippen LogP contribution in [-0.2, 0) is 28.6 Å². The number of carbonyl (C=O) groups excluding carboxylic acids is 4. The fourth-order valence-electron chi connectivity index (χ4n) is 7.61. The van der Waals surface area contributed by atoms with E-state index in [-0.39, 0.29) is 48.8 Å². The van der Waals surface area contributed by atoms with E-state index >= 15 is 0 Å². The number of ketones is 2. The molecule has 204 valence electrons. The molecule has 8 nitrogen and oxygen atoms in total. The van der Waals surface area contributed by atoms with E-state index in [2.05, 4.69) is 6.92 Å². The van der Waals surface area contributed by atoms with E-state index in [1.807, 2.05) is 13.0 Å². The molecule has 0 bridgehead atoms. The quantitative estimate of drug-likeness (QED) is 0.537. The Hall–Kier alpha value is -2.48. The molecule has 0 unspecified atom stereocenters. The summed E-state index contributed by atoms with van der Waals surface area (Å²) in [5, 5.41) is 11.6. The van der Waals surface area contributed by atoms with Gasteiger partial charge in [-0.25, -0.2) is 9.59 Å². The van der Waals surface area contributed by atoms with Gasteiger partial charge in [-0.15, -0.1) is 0 Å². The first-order valence-corrected chi connectivity index (χ1v) is 13.4. The van der Waals surface area contributed by atoms with Crippen LogP contribution in [-0.4, -0.2) is 53.7 Å². The smallest absolute Gasteiger partial charge is 0.455 e. The highest BCUT2D eigenvalue weighted by Crippen LogP contribution is 2.68. The number of ether oxygens (including phenoxy) is 3. The van der Waals surface area contributed by atoms with Crippen LogP contribution in [0.15, 0.2) is 23.8 Å². The molecule has 0 spiro atoms. The van der Waals surface area contributed by atoms with Gasteiger partial charge in [0.25, 0.3) is 0 Å². The minimum Gasteiger partial charge on any atom is -0.455 e. The number of Topliss-reactive ketones (excluding diaryl/α,β-unsaturated/α-hetero) is 1. The van der Waals surface area contributed by atoms with Gasteiger partial charge in [0.1, 0.15) is 0 Å². The minimum absolute atomic E-state index is 0.0312. The van der Waals surface area contributed by atoms with E-state index in [1.54, 1.807) is 39.8 Å². The topological polar surface area (TPSA) is 116 Å². The fraction of sp³-hybridized carbons (Fsp3) is 0.724. The molecular weight excluding hydrogens is 476 g/mol. The first-order valence-electron chi connectivity index (χ1n) is 13.4. The van der Waals surface area contributed by atoms with Crippen LogP contribution in [0, 0.1) is 34.0 Å². The lowest BCUT2D eigenvalue weighted by atomic mass is 9.46. The summed E-state index contributed by atoms with van der Waals surface area (Å²) in [6.45, 7) is 10.5. The third-order valence-corrected chi connectivity index (χ3v) is 9.64. The molecule has 4 rings (SSSR count). The zero-order valence-electron chi connectivity index (χ0n) is 22.8. The van der Waals surface area contributed by atoms with E-state index in [1.165, 1.54) is 0 Å². The van der Waals surface area contributed by atoms with Crippen molar-refractivity contribution in [2.75, 3.05) is 13.2 Å². The highest BCUT2D eigenvalue weighted by atomic mass is 16.7. The summed E-state index contributed by atoms with van der Waals surface area (Å²) < 4.78 is 16.4. The highest BCUT2D eigenvalue weighted by Gasteiger charge is 2.71. The normalized spacial score (nSPS) is 38.6. The predicted molar refractivity (Wildman–Crippen MR) is 134 cm³/mol. The molecule has 4 aliphatic carbocycles. The molecule has 0 aliphatic heterocycles. The van der Waals surface area contributed by atoms with Crippen molar-refractivity contribution >= 4 is 23.7 Å². The third kappa shape index (κ3) is 4.35. The van der Waals surface area contributed by atoms with Gasteiger partial charge in [-0.3, -0.25) is 9.59 Å². The molecule has 0 aromatic carbocycles. The number of carbonyl (C=O) groups is 4. The molecule has 8 heteroatoms. The zero-order chi connectivity index (χ0) is 27.4. The molecule has 3 saturated carbocycles. The van der Waals surface area contributed by atoms with E-state index in [4.69, 9.17) is 14.2 Å². The largest absolute Gasteiger partial charge is 0.509 e. The summed E-state index contributed by atoms with van der Waals surface area (Å²) in [5.41, 5.74) is -2.71. The van der Waals surface area contributed by atoms with Crippen molar-refractivity contribution in [1.82, 2.24) is 0 Å². The Balaban J connectivity index is 1.69. The molecule has 0 heterocycles. The van der Waals surface area contributed by atoms with Gasteiger partial charge in [-0.1, -0.05) is 46.3 Å². The maximum Gasteiger partial charge on any atom is 0.509 e. The van der Waals surface area contributed by atoms with Crippen LogP contribution in [0.3, 0.4) is 0 Å². The molecule has 4 aliphatic rings. The Bertz CT molecular complexity index is 1050. The first-order chi connectivity index (χ1) is 17.2. The predicted octanol–water partition coefficient (Wildman–Crippen LogP) is 4.34. The SMILES string of the molecule is CCOC(=O)O[C@]1(C(=O)OCC(=O)C(C)(C)C)CC[C@H]2[C@@H]3CCC4=CC(=O)C=C[C@]4(C)[C@H]3[C@@H](O)C[C@@]21C. The number of aliphatic hydroxyl groups excluding tert-OH is 1. The maximum atomic E-state index is 13.7. The summed E-state index contributed by atoms with van der Waals surface area (Å²) in [5.74, 6) is -1.16. The number of allylic oxidation sites excluding steroid dienone is 4. The Morgan fingerprint density at radius 3 is 2.49 bits per heavy atom. The van der Waals surface area contributed by atoms with Crippen LogP contribution in [0.5, 0.6) is 0 Å². The van der Waals surface area contributed by atoms with E-state index in [9.17, 15) is 24.3 Å². The van der Waals surface area contributed by atoms with E-state index < -0.39 is 46.7 Å². The van der Waals surface area contributed by atoms with Crippen LogP contribution in [0.1, 0.15) is 73.6 Å². The van der Waals surface area contributed by atoms with Crippen molar-refractivity contribution in [1.29, 1.82) is 0 Å². The van der Waals surface area contributed by atoms with E-state index in [0.29, 0.717) is 6.42 Å². The van der Waals surface area contributed by atoms with Gasteiger partial charge in [0.05, 0.1) is 12.7 Å². The molecule has 0 amide bonds. The maximum absolute atomic E-state index is 13.7. The Morgan fingerprint density at radius 2 is 1.84 bits per heavy atom. The second-order valence-electron chi connectivity index (χ2n) is 12.6. The van der Waals surface area contributed by atoms with Crippen LogP contribution < -0.4 is 0 Å². The number of hydrogen-bond acceptors (Lipinski definition) is 8. The van der Waals surface area contributed by atoms with Crippen molar-refractivity contribution in [2.24, 2.45) is 34.0 Å².